The van der Waals surface area contributed by atoms with Crippen molar-refractivity contribution in [2.45, 2.75) is 52.0 Å². The van der Waals surface area contributed by atoms with Crippen LogP contribution in [0.1, 0.15) is 51.0 Å². The maximum Gasteiger partial charge on any atom is 0.234 e. The van der Waals surface area contributed by atoms with E-state index in [1.165, 1.54) is 51.7 Å². The first kappa shape index (κ1) is 19.7. The van der Waals surface area contributed by atoms with E-state index < -0.39 is 0 Å². The summed E-state index contributed by atoms with van der Waals surface area (Å²) in [6.07, 6.45) is 8.20. The quantitative estimate of drug-likeness (QED) is 0.732. The number of carbonyl (C=O) groups is 1. The Bertz CT molecular complexity index is 685. The number of ether oxygens (including phenoxy) is 1. The van der Waals surface area contributed by atoms with Crippen molar-refractivity contribution < 1.29 is 13.9 Å². The lowest BCUT2D eigenvalue weighted by Gasteiger charge is -2.56. The van der Waals surface area contributed by atoms with E-state index in [-0.39, 0.29) is 17.5 Å². The molecule has 4 aliphatic rings. The van der Waals surface area contributed by atoms with Gasteiger partial charge in [-0.25, -0.2) is 4.39 Å². The van der Waals surface area contributed by atoms with Crippen molar-refractivity contribution >= 4 is 5.91 Å². The number of rotatable bonds is 8. The average molecular weight is 389 g/mol. The molecule has 4 saturated carbocycles. The molecule has 0 unspecified atom stereocenters. The zero-order valence-electron chi connectivity index (χ0n) is 17.2. The molecule has 0 aliphatic heterocycles. The largest absolute Gasteiger partial charge is 0.494 e. The Morgan fingerprint density at radius 2 is 1.86 bits per heavy atom. The fourth-order valence-corrected chi connectivity index (χ4v) is 6.40. The summed E-state index contributed by atoms with van der Waals surface area (Å²) in [6.45, 7) is 4.54. The van der Waals surface area contributed by atoms with E-state index >= 15 is 0 Å². The summed E-state index contributed by atoms with van der Waals surface area (Å²) < 4.78 is 18.9. The van der Waals surface area contributed by atoms with Crippen molar-refractivity contribution in [2.24, 2.45) is 23.2 Å². The van der Waals surface area contributed by atoms with Gasteiger partial charge in [-0.1, -0.05) is 13.0 Å². The maximum absolute atomic E-state index is 13.9. The SMILES string of the molecule is CCN(CC(=O)NCC12CC3CC(CC(C3)C1)C2)Cc1ccc(OC)c(F)c1. The number of methoxy groups -OCH3 is 1. The number of nitrogens with one attached hydrogen (secondary N) is 1. The minimum absolute atomic E-state index is 0.0894. The van der Waals surface area contributed by atoms with Crippen molar-refractivity contribution in [1.29, 1.82) is 0 Å². The number of carbonyl (C=O) groups excluding carboxylic acids is 1. The molecule has 5 rings (SSSR count). The van der Waals surface area contributed by atoms with Crippen LogP contribution in [0, 0.1) is 29.0 Å². The molecule has 0 saturated heterocycles. The van der Waals surface area contributed by atoms with E-state index in [1.54, 1.807) is 6.07 Å². The molecule has 0 atom stereocenters. The van der Waals surface area contributed by atoms with Crippen molar-refractivity contribution in [3.63, 3.8) is 0 Å². The Morgan fingerprint density at radius 1 is 1.21 bits per heavy atom. The molecule has 28 heavy (non-hydrogen) atoms. The molecule has 4 bridgehead atoms. The number of nitrogens with zero attached hydrogens (tertiary/aromatic N) is 1. The fraction of sp³-hybridized carbons (Fsp3) is 0.696. The Balaban J connectivity index is 1.29. The Labute approximate surface area is 167 Å². The third kappa shape index (κ3) is 4.19. The van der Waals surface area contributed by atoms with E-state index in [2.05, 4.69) is 10.2 Å². The maximum atomic E-state index is 13.9. The lowest BCUT2D eigenvalue weighted by molar-refractivity contribution is -0.124. The second-order valence-corrected chi connectivity index (χ2v) is 9.47. The molecule has 5 heteroatoms. The van der Waals surface area contributed by atoms with Crippen molar-refractivity contribution in [2.75, 3.05) is 26.7 Å². The predicted octanol–water partition coefficient (Wildman–Crippen LogP) is 3.99. The molecule has 154 valence electrons. The van der Waals surface area contributed by atoms with E-state index in [9.17, 15) is 9.18 Å². The average Bonchev–Trinajstić information content (AvgIpc) is 2.65. The van der Waals surface area contributed by atoms with E-state index in [0.29, 0.717) is 18.5 Å². The zero-order valence-corrected chi connectivity index (χ0v) is 17.2. The van der Waals surface area contributed by atoms with Gasteiger partial charge in [0.1, 0.15) is 0 Å². The highest BCUT2D eigenvalue weighted by molar-refractivity contribution is 5.78. The van der Waals surface area contributed by atoms with E-state index in [1.807, 2.05) is 13.0 Å². The fourth-order valence-electron chi connectivity index (χ4n) is 6.40. The molecule has 1 amide bonds. The summed E-state index contributed by atoms with van der Waals surface area (Å²) in [5.41, 5.74) is 1.22. The van der Waals surface area contributed by atoms with E-state index in [0.717, 1.165) is 36.4 Å². The van der Waals surface area contributed by atoms with Crippen LogP contribution < -0.4 is 10.1 Å². The molecule has 4 aliphatic carbocycles. The van der Waals surface area contributed by atoms with Crippen LogP contribution in [0.3, 0.4) is 0 Å². The molecule has 1 aromatic rings. The number of likely N-dealkylation sites (N-methyl/N-ethyl adjacent to an activating group) is 1. The first-order valence-electron chi connectivity index (χ1n) is 10.8. The lowest BCUT2D eigenvalue weighted by atomic mass is 9.49. The van der Waals surface area contributed by atoms with Crippen molar-refractivity contribution in [1.82, 2.24) is 10.2 Å². The standard InChI is InChI=1S/C23H33FN2O2/c1-3-26(13-16-4-5-21(28-2)20(24)9-16)14-22(27)25-15-23-10-17-6-18(11-23)8-19(7-17)12-23/h4-5,9,17-19H,3,6-8,10-15H2,1-2H3,(H,25,27). The summed E-state index contributed by atoms with van der Waals surface area (Å²) in [5, 5.41) is 3.25. The molecule has 1 aromatic carbocycles. The number of amides is 1. The van der Waals surface area contributed by atoms with Crippen LogP contribution in [-0.2, 0) is 11.3 Å². The minimum atomic E-state index is -0.359. The first-order valence-corrected chi connectivity index (χ1v) is 10.8. The van der Waals surface area contributed by atoms with Crippen molar-refractivity contribution in [3.05, 3.63) is 29.6 Å². The van der Waals surface area contributed by atoms with Crippen LogP contribution in [0.4, 0.5) is 4.39 Å². The minimum Gasteiger partial charge on any atom is -0.494 e. The van der Waals surface area contributed by atoms with Gasteiger partial charge in [0, 0.05) is 13.1 Å². The highest BCUT2D eigenvalue weighted by atomic mass is 19.1. The molecule has 0 heterocycles. The van der Waals surface area contributed by atoms with Crippen LogP contribution in [0.25, 0.3) is 0 Å². The normalized spacial score (nSPS) is 30.6. The van der Waals surface area contributed by atoms with Gasteiger partial charge in [0.15, 0.2) is 11.6 Å². The Morgan fingerprint density at radius 3 is 2.39 bits per heavy atom. The molecule has 4 fully saturated rings. The Kier molecular flexibility index (Phi) is 5.64. The first-order chi connectivity index (χ1) is 13.5. The molecule has 0 radical (unpaired) electrons. The highest BCUT2D eigenvalue weighted by Gasteiger charge is 2.50. The van der Waals surface area contributed by atoms with E-state index in [4.69, 9.17) is 4.74 Å². The summed E-state index contributed by atoms with van der Waals surface area (Å²) in [6, 6.07) is 5.00. The summed E-state index contributed by atoms with van der Waals surface area (Å²) in [7, 11) is 1.46. The monoisotopic (exact) mass is 388 g/mol. The molecule has 0 aromatic heterocycles. The third-order valence-electron chi connectivity index (χ3n) is 7.26. The van der Waals surface area contributed by atoms with Gasteiger partial charge in [-0.2, -0.15) is 0 Å². The molecule has 1 N–H and O–H groups in total. The predicted molar refractivity (Wildman–Crippen MR) is 108 cm³/mol. The van der Waals surface area contributed by atoms with Crippen LogP contribution in [0.15, 0.2) is 18.2 Å². The number of hydrogen-bond donors (Lipinski definition) is 1. The van der Waals surface area contributed by atoms with Gasteiger partial charge in [-0.15, -0.1) is 0 Å². The van der Waals surface area contributed by atoms with Gasteiger partial charge in [-0.05, 0) is 85.9 Å². The number of hydrogen-bond acceptors (Lipinski definition) is 3. The lowest BCUT2D eigenvalue weighted by Crippen LogP contribution is -2.52. The van der Waals surface area contributed by atoms with Gasteiger partial charge in [0.25, 0.3) is 0 Å². The van der Waals surface area contributed by atoms with Crippen LogP contribution in [0.2, 0.25) is 0 Å². The highest BCUT2D eigenvalue weighted by Crippen LogP contribution is 2.59. The summed E-state index contributed by atoms with van der Waals surface area (Å²) in [5.74, 6) is 2.69. The Hall–Kier alpha value is -1.62. The van der Waals surface area contributed by atoms with Gasteiger partial charge in [-0.3, -0.25) is 9.69 Å². The number of benzene rings is 1. The molecule has 4 nitrogen and oxygen atoms in total. The zero-order chi connectivity index (χ0) is 19.7. The second-order valence-electron chi connectivity index (χ2n) is 9.47. The van der Waals surface area contributed by atoms with Crippen LogP contribution >= 0.6 is 0 Å². The van der Waals surface area contributed by atoms with Crippen LogP contribution in [0.5, 0.6) is 5.75 Å². The smallest absolute Gasteiger partial charge is 0.234 e. The number of halogens is 1. The van der Waals surface area contributed by atoms with Crippen LogP contribution in [-0.4, -0.2) is 37.6 Å². The molecule has 0 spiro atoms. The summed E-state index contributed by atoms with van der Waals surface area (Å²) >= 11 is 0. The van der Waals surface area contributed by atoms with Gasteiger partial charge in [0.2, 0.25) is 5.91 Å². The summed E-state index contributed by atoms with van der Waals surface area (Å²) in [4.78, 5) is 14.7. The van der Waals surface area contributed by atoms with Gasteiger partial charge < -0.3 is 10.1 Å². The topological polar surface area (TPSA) is 41.6 Å². The van der Waals surface area contributed by atoms with Gasteiger partial charge >= 0.3 is 0 Å². The van der Waals surface area contributed by atoms with Crippen molar-refractivity contribution in [3.8, 4) is 5.75 Å². The third-order valence-corrected chi connectivity index (χ3v) is 7.26. The second kappa shape index (κ2) is 8.02. The van der Waals surface area contributed by atoms with Gasteiger partial charge in [0.05, 0.1) is 13.7 Å². The molecular formula is C23H33FN2O2. The molecular weight excluding hydrogens is 355 g/mol.